The summed E-state index contributed by atoms with van der Waals surface area (Å²) < 4.78 is 1.21. The topological polar surface area (TPSA) is 37.0 Å². The van der Waals surface area contributed by atoms with Gasteiger partial charge in [0.15, 0.2) is 5.11 Å². The molecule has 0 saturated heterocycles. The van der Waals surface area contributed by atoms with Gasteiger partial charge in [0.05, 0.1) is 15.2 Å². The SMILES string of the molecule is CCCCNC(=S)Nc1ccc2nc(CC)sc2c1. The van der Waals surface area contributed by atoms with E-state index in [-0.39, 0.29) is 0 Å². The number of fused-ring (bicyclic) bond motifs is 1. The van der Waals surface area contributed by atoms with Crippen molar-refractivity contribution in [2.45, 2.75) is 33.1 Å². The van der Waals surface area contributed by atoms with Gasteiger partial charge in [0.25, 0.3) is 0 Å². The zero-order valence-electron chi connectivity index (χ0n) is 11.3. The first kappa shape index (κ1) is 14.2. The summed E-state index contributed by atoms with van der Waals surface area (Å²) in [7, 11) is 0. The van der Waals surface area contributed by atoms with Crippen LogP contribution >= 0.6 is 23.6 Å². The Hall–Kier alpha value is -1.20. The van der Waals surface area contributed by atoms with Crippen molar-refractivity contribution in [3.63, 3.8) is 0 Å². The number of hydrogen-bond donors (Lipinski definition) is 2. The molecule has 1 aromatic heterocycles. The fourth-order valence-corrected chi connectivity index (χ4v) is 2.92. The highest BCUT2D eigenvalue weighted by Gasteiger charge is 2.04. The van der Waals surface area contributed by atoms with Crippen molar-refractivity contribution in [3.05, 3.63) is 23.2 Å². The Bertz CT molecular complexity index is 563. The second-order valence-electron chi connectivity index (χ2n) is 4.38. The fraction of sp³-hybridized carbons (Fsp3) is 0.429. The molecule has 0 saturated carbocycles. The molecule has 2 aromatic rings. The van der Waals surface area contributed by atoms with Crippen LogP contribution in [0.25, 0.3) is 10.2 Å². The number of unbranched alkanes of at least 4 members (excludes halogenated alkanes) is 1. The van der Waals surface area contributed by atoms with E-state index in [0.717, 1.165) is 30.6 Å². The molecule has 0 spiro atoms. The number of aromatic nitrogens is 1. The predicted molar refractivity (Wildman–Crippen MR) is 88.1 cm³/mol. The number of thiazole rings is 1. The van der Waals surface area contributed by atoms with E-state index in [1.54, 1.807) is 11.3 Å². The third-order valence-electron chi connectivity index (χ3n) is 2.81. The van der Waals surface area contributed by atoms with Gasteiger partial charge in [-0.3, -0.25) is 0 Å². The Morgan fingerprint density at radius 1 is 1.37 bits per heavy atom. The van der Waals surface area contributed by atoms with E-state index in [4.69, 9.17) is 12.2 Å². The quantitative estimate of drug-likeness (QED) is 0.646. The summed E-state index contributed by atoms with van der Waals surface area (Å²) in [6.07, 6.45) is 3.29. The lowest BCUT2D eigenvalue weighted by Gasteiger charge is -2.09. The molecule has 102 valence electrons. The molecule has 3 nitrogen and oxygen atoms in total. The number of rotatable bonds is 5. The molecule has 0 aliphatic heterocycles. The molecule has 0 aliphatic carbocycles. The van der Waals surface area contributed by atoms with Crippen molar-refractivity contribution in [1.29, 1.82) is 0 Å². The van der Waals surface area contributed by atoms with Gasteiger partial charge in [-0.15, -0.1) is 11.3 Å². The van der Waals surface area contributed by atoms with E-state index in [2.05, 4.69) is 35.5 Å². The maximum absolute atomic E-state index is 5.27. The van der Waals surface area contributed by atoms with Crippen LogP contribution in [0.4, 0.5) is 5.69 Å². The number of thiocarbonyl (C=S) groups is 1. The van der Waals surface area contributed by atoms with E-state index in [1.165, 1.54) is 16.1 Å². The lowest BCUT2D eigenvalue weighted by atomic mass is 10.3. The number of anilines is 1. The van der Waals surface area contributed by atoms with Crippen LogP contribution in [0.15, 0.2) is 18.2 Å². The van der Waals surface area contributed by atoms with Crippen LogP contribution in [0.2, 0.25) is 0 Å². The standard InChI is InChI=1S/C14H19N3S2/c1-3-5-8-15-14(18)16-10-6-7-11-12(9-10)19-13(4-2)17-11/h6-7,9H,3-5,8H2,1-2H3,(H2,15,16,18). The molecule has 2 rings (SSSR count). The largest absolute Gasteiger partial charge is 0.362 e. The van der Waals surface area contributed by atoms with Crippen LogP contribution in [0.3, 0.4) is 0 Å². The molecule has 1 heterocycles. The average molecular weight is 293 g/mol. The lowest BCUT2D eigenvalue weighted by Crippen LogP contribution is -2.29. The van der Waals surface area contributed by atoms with E-state index >= 15 is 0 Å². The van der Waals surface area contributed by atoms with Crippen molar-refractivity contribution in [2.24, 2.45) is 0 Å². The molecule has 0 fully saturated rings. The van der Waals surface area contributed by atoms with Gasteiger partial charge in [-0.05, 0) is 43.3 Å². The molecule has 0 amide bonds. The Morgan fingerprint density at radius 3 is 2.95 bits per heavy atom. The van der Waals surface area contributed by atoms with Gasteiger partial charge < -0.3 is 10.6 Å². The summed E-state index contributed by atoms with van der Waals surface area (Å²) in [5, 5.41) is 8.29. The molecular formula is C14H19N3S2. The molecule has 0 radical (unpaired) electrons. The van der Waals surface area contributed by atoms with Gasteiger partial charge in [-0.1, -0.05) is 20.3 Å². The molecule has 2 N–H and O–H groups in total. The minimum absolute atomic E-state index is 0.688. The van der Waals surface area contributed by atoms with Gasteiger partial charge >= 0.3 is 0 Å². The Morgan fingerprint density at radius 2 is 2.21 bits per heavy atom. The molecule has 0 unspecified atom stereocenters. The number of benzene rings is 1. The zero-order chi connectivity index (χ0) is 13.7. The summed E-state index contributed by atoms with van der Waals surface area (Å²) in [4.78, 5) is 4.55. The monoisotopic (exact) mass is 293 g/mol. The van der Waals surface area contributed by atoms with Crippen molar-refractivity contribution in [3.8, 4) is 0 Å². The van der Waals surface area contributed by atoms with Crippen LogP contribution in [0, 0.1) is 0 Å². The van der Waals surface area contributed by atoms with Gasteiger partial charge in [0, 0.05) is 12.2 Å². The van der Waals surface area contributed by atoms with Crippen LogP contribution in [-0.2, 0) is 6.42 Å². The second-order valence-corrected chi connectivity index (χ2v) is 5.90. The van der Waals surface area contributed by atoms with Crippen molar-refractivity contribution in [1.82, 2.24) is 10.3 Å². The molecule has 1 aromatic carbocycles. The first-order valence-corrected chi connectivity index (χ1v) is 7.89. The van der Waals surface area contributed by atoms with E-state index in [0.29, 0.717) is 5.11 Å². The van der Waals surface area contributed by atoms with Crippen LogP contribution in [-0.4, -0.2) is 16.6 Å². The summed E-state index contributed by atoms with van der Waals surface area (Å²) in [6.45, 7) is 5.22. The zero-order valence-corrected chi connectivity index (χ0v) is 13.0. The van der Waals surface area contributed by atoms with Crippen molar-refractivity contribution >= 4 is 44.6 Å². The van der Waals surface area contributed by atoms with Crippen molar-refractivity contribution in [2.75, 3.05) is 11.9 Å². The molecule has 0 atom stereocenters. The second kappa shape index (κ2) is 6.82. The van der Waals surface area contributed by atoms with Gasteiger partial charge in [0.2, 0.25) is 0 Å². The van der Waals surface area contributed by atoms with Gasteiger partial charge in [-0.25, -0.2) is 4.98 Å². The lowest BCUT2D eigenvalue weighted by molar-refractivity contribution is 0.758. The Labute approximate surface area is 123 Å². The average Bonchev–Trinajstić information content (AvgIpc) is 2.81. The smallest absolute Gasteiger partial charge is 0.170 e. The Balaban J connectivity index is 2.02. The maximum atomic E-state index is 5.27. The summed E-state index contributed by atoms with van der Waals surface area (Å²) in [6, 6.07) is 6.18. The predicted octanol–water partition coefficient (Wildman–Crippen LogP) is 3.95. The van der Waals surface area contributed by atoms with Gasteiger partial charge in [0.1, 0.15) is 0 Å². The molecular weight excluding hydrogens is 274 g/mol. The number of nitrogens with one attached hydrogen (secondary N) is 2. The third kappa shape index (κ3) is 3.88. The maximum Gasteiger partial charge on any atom is 0.170 e. The highest BCUT2D eigenvalue weighted by atomic mass is 32.1. The van der Waals surface area contributed by atoms with Crippen LogP contribution in [0.1, 0.15) is 31.7 Å². The normalized spacial score (nSPS) is 10.6. The Kier molecular flexibility index (Phi) is 5.10. The number of aryl methyl sites for hydroxylation is 1. The van der Waals surface area contributed by atoms with Gasteiger partial charge in [-0.2, -0.15) is 0 Å². The molecule has 0 aliphatic rings. The summed E-state index contributed by atoms with van der Waals surface area (Å²) >= 11 is 7.01. The van der Waals surface area contributed by atoms with E-state index in [9.17, 15) is 0 Å². The molecule has 0 bridgehead atoms. The first-order chi connectivity index (χ1) is 9.22. The summed E-state index contributed by atoms with van der Waals surface area (Å²) in [5.41, 5.74) is 2.09. The van der Waals surface area contributed by atoms with Crippen LogP contribution in [0.5, 0.6) is 0 Å². The summed E-state index contributed by atoms with van der Waals surface area (Å²) in [5.74, 6) is 0. The number of hydrogen-bond acceptors (Lipinski definition) is 3. The highest BCUT2D eigenvalue weighted by Crippen LogP contribution is 2.25. The number of nitrogens with zero attached hydrogens (tertiary/aromatic N) is 1. The minimum Gasteiger partial charge on any atom is -0.362 e. The van der Waals surface area contributed by atoms with Crippen molar-refractivity contribution < 1.29 is 0 Å². The minimum atomic E-state index is 0.688. The van der Waals surface area contributed by atoms with Crippen LogP contribution < -0.4 is 10.6 Å². The highest BCUT2D eigenvalue weighted by molar-refractivity contribution is 7.80. The van der Waals surface area contributed by atoms with E-state index in [1.807, 2.05) is 12.1 Å². The third-order valence-corrected chi connectivity index (χ3v) is 4.22. The fourth-order valence-electron chi connectivity index (χ4n) is 1.76. The molecule has 19 heavy (non-hydrogen) atoms. The first-order valence-electron chi connectivity index (χ1n) is 6.67. The van der Waals surface area contributed by atoms with E-state index < -0.39 is 0 Å². The molecule has 5 heteroatoms.